The second kappa shape index (κ2) is 6.76. The molecule has 1 rings (SSSR count). The van der Waals surface area contributed by atoms with Crippen LogP contribution in [0.4, 0.5) is 5.69 Å². The van der Waals surface area contributed by atoms with Gasteiger partial charge in [0.2, 0.25) is 0 Å². The van der Waals surface area contributed by atoms with Crippen LogP contribution in [0.25, 0.3) is 0 Å². The van der Waals surface area contributed by atoms with Crippen molar-refractivity contribution in [3.63, 3.8) is 0 Å². The van der Waals surface area contributed by atoms with E-state index >= 15 is 0 Å². The largest absolute Gasteiger partial charge is 0.372 e. The molecule has 0 aliphatic carbocycles. The van der Waals surface area contributed by atoms with Crippen LogP contribution >= 0.6 is 15.9 Å². The molecule has 1 aromatic heterocycles. The van der Waals surface area contributed by atoms with Crippen LogP contribution in [0.2, 0.25) is 0 Å². The van der Waals surface area contributed by atoms with Gasteiger partial charge in [0.1, 0.15) is 4.47 Å². The van der Waals surface area contributed by atoms with Gasteiger partial charge >= 0.3 is 0 Å². The zero-order valence-corrected chi connectivity index (χ0v) is 12.1. The number of hydrogen-bond donors (Lipinski definition) is 1. The molecule has 6 heteroatoms. The van der Waals surface area contributed by atoms with E-state index in [0.29, 0.717) is 11.0 Å². The molecular formula is C11H19BrN4O. The van der Waals surface area contributed by atoms with Crippen molar-refractivity contribution in [2.24, 2.45) is 0 Å². The first-order valence-electron chi connectivity index (χ1n) is 5.73. The Morgan fingerprint density at radius 1 is 1.59 bits per heavy atom. The zero-order chi connectivity index (χ0) is 12.8. The van der Waals surface area contributed by atoms with Crippen LogP contribution in [-0.4, -0.2) is 37.0 Å². The van der Waals surface area contributed by atoms with Crippen LogP contribution in [0.3, 0.4) is 0 Å². The first-order valence-corrected chi connectivity index (χ1v) is 6.52. The van der Waals surface area contributed by atoms with Crippen molar-refractivity contribution in [3.05, 3.63) is 21.0 Å². The Morgan fingerprint density at radius 2 is 2.29 bits per heavy atom. The Hall–Kier alpha value is -0.880. The molecule has 0 fully saturated rings. The molecule has 1 aromatic rings. The summed E-state index contributed by atoms with van der Waals surface area (Å²) in [4.78, 5) is 13.9. The van der Waals surface area contributed by atoms with Crippen molar-refractivity contribution in [1.82, 2.24) is 15.1 Å². The Bertz CT molecular complexity index is 418. The second-order valence-corrected chi connectivity index (χ2v) is 4.64. The van der Waals surface area contributed by atoms with Gasteiger partial charge in [0.25, 0.3) is 5.56 Å². The number of anilines is 1. The Kier molecular flexibility index (Phi) is 5.64. The summed E-state index contributed by atoms with van der Waals surface area (Å²) in [5, 5.41) is 7.22. The maximum absolute atomic E-state index is 11.9. The van der Waals surface area contributed by atoms with E-state index in [1.807, 2.05) is 25.9 Å². The second-order valence-electron chi connectivity index (χ2n) is 3.84. The molecule has 0 radical (unpaired) electrons. The lowest BCUT2D eigenvalue weighted by atomic mass is 10.3. The first kappa shape index (κ1) is 14.2. The third-order valence-electron chi connectivity index (χ3n) is 2.60. The molecule has 0 bridgehead atoms. The van der Waals surface area contributed by atoms with Crippen molar-refractivity contribution in [2.45, 2.75) is 19.9 Å². The molecule has 1 N–H and O–H groups in total. The van der Waals surface area contributed by atoms with Crippen molar-refractivity contribution >= 4 is 21.6 Å². The van der Waals surface area contributed by atoms with Crippen molar-refractivity contribution in [1.29, 1.82) is 0 Å². The van der Waals surface area contributed by atoms with E-state index in [1.165, 1.54) is 4.68 Å². The normalized spacial score (nSPS) is 10.6. The Labute approximate surface area is 110 Å². The quantitative estimate of drug-likeness (QED) is 0.799. The summed E-state index contributed by atoms with van der Waals surface area (Å²) in [6.45, 7) is 4.33. The molecule has 96 valence electrons. The highest BCUT2D eigenvalue weighted by atomic mass is 79.9. The fourth-order valence-corrected chi connectivity index (χ4v) is 2.17. The van der Waals surface area contributed by atoms with Gasteiger partial charge in [-0.2, -0.15) is 5.10 Å². The molecule has 0 saturated heterocycles. The van der Waals surface area contributed by atoms with Crippen LogP contribution in [0, 0.1) is 0 Å². The summed E-state index contributed by atoms with van der Waals surface area (Å²) >= 11 is 3.35. The molecule has 0 atom stereocenters. The molecular weight excluding hydrogens is 284 g/mol. The zero-order valence-electron chi connectivity index (χ0n) is 10.5. The summed E-state index contributed by atoms with van der Waals surface area (Å²) in [6, 6.07) is 0. The number of rotatable bonds is 6. The number of halogens is 1. The van der Waals surface area contributed by atoms with E-state index in [2.05, 4.69) is 26.3 Å². The lowest BCUT2D eigenvalue weighted by molar-refractivity contribution is 0.609. The average Bonchev–Trinajstić information content (AvgIpc) is 2.32. The highest BCUT2D eigenvalue weighted by molar-refractivity contribution is 9.10. The summed E-state index contributed by atoms with van der Waals surface area (Å²) < 4.78 is 2.02. The molecule has 17 heavy (non-hydrogen) atoms. The minimum atomic E-state index is -0.0783. The fraction of sp³-hybridized carbons (Fsp3) is 0.636. The van der Waals surface area contributed by atoms with E-state index in [0.717, 1.165) is 25.2 Å². The predicted octanol–water partition coefficient (Wildman–Crippen LogP) is 1.07. The van der Waals surface area contributed by atoms with Crippen molar-refractivity contribution in [2.75, 3.05) is 32.1 Å². The van der Waals surface area contributed by atoms with Gasteiger partial charge in [-0.15, -0.1) is 0 Å². The molecule has 5 nitrogen and oxygen atoms in total. The molecule has 0 aliphatic rings. The standard InChI is InChI=1S/C11H19BrN4O/c1-4-16-11(17)10(12)9(8-14-16)15(3)7-5-6-13-2/h8,13H,4-7H2,1-3H3. The number of hydrogen-bond acceptors (Lipinski definition) is 4. The smallest absolute Gasteiger partial charge is 0.283 e. The molecule has 0 aliphatic heterocycles. The van der Waals surface area contributed by atoms with Gasteiger partial charge in [-0.3, -0.25) is 4.79 Å². The highest BCUT2D eigenvalue weighted by Crippen LogP contribution is 2.20. The number of aromatic nitrogens is 2. The third-order valence-corrected chi connectivity index (χ3v) is 3.34. The number of aryl methyl sites for hydroxylation is 1. The summed E-state index contributed by atoms with van der Waals surface area (Å²) in [5.74, 6) is 0. The van der Waals surface area contributed by atoms with Gasteiger partial charge in [-0.25, -0.2) is 4.68 Å². The first-order chi connectivity index (χ1) is 8.11. The highest BCUT2D eigenvalue weighted by Gasteiger charge is 2.11. The summed E-state index contributed by atoms with van der Waals surface area (Å²) in [5.41, 5.74) is 0.765. The van der Waals surface area contributed by atoms with Crippen LogP contribution in [-0.2, 0) is 6.54 Å². The van der Waals surface area contributed by atoms with Gasteiger partial charge in [-0.1, -0.05) is 0 Å². The minimum absolute atomic E-state index is 0.0783. The predicted molar refractivity (Wildman–Crippen MR) is 73.7 cm³/mol. The molecule has 0 aromatic carbocycles. The number of nitrogens with one attached hydrogen (secondary N) is 1. The molecule has 1 heterocycles. The fourth-order valence-electron chi connectivity index (χ4n) is 1.56. The van der Waals surface area contributed by atoms with E-state index in [1.54, 1.807) is 6.20 Å². The maximum Gasteiger partial charge on any atom is 0.283 e. The monoisotopic (exact) mass is 302 g/mol. The molecule has 0 unspecified atom stereocenters. The van der Waals surface area contributed by atoms with Gasteiger partial charge in [0.15, 0.2) is 0 Å². The molecule has 0 amide bonds. The van der Waals surface area contributed by atoms with Gasteiger partial charge < -0.3 is 10.2 Å². The van der Waals surface area contributed by atoms with E-state index in [-0.39, 0.29) is 5.56 Å². The molecule has 0 spiro atoms. The third kappa shape index (κ3) is 3.54. The number of nitrogens with zero attached hydrogens (tertiary/aromatic N) is 3. The van der Waals surface area contributed by atoms with Crippen LogP contribution in [0.5, 0.6) is 0 Å². The summed E-state index contributed by atoms with van der Waals surface area (Å²) in [6.07, 6.45) is 2.75. The van der Waals surface area contributed by atoms with Gasteiger partial charge in [0.05, 0.1) is 11.9 Å². The lowest BCUT2D eigenvalue weighted by Gasteiger charge is -2.20. The van der Waals surface area contributed by atoms with Crippen LogP contribution < -0.4 is 15.8 Å². The van der Waals surface area contributed by atoms with Crippen LogP contribution in [0.15, 0.2) is 15.5 Å². The average molecular weight is 303 g/mol. The van der Waals surface area contributed by atoms with E-state index in [9.17, 15) is 4.79 Å². The maximum atomic E-state index is 11.9. The van der Waals surface area contributed by atoms with Gasteiger partial charge in [0, 0.05) is 20.1 Å². The SMILES string of the molecule is CCn1ncc(N(C)CCCNC)c(Br)c1=O. The van der Waals surface area contributed by atoms with Crippen molar-refractivity contribution < 1.29 is 0 Å². The lowest BCUT2D eigenvalue weighted by Crippen LogP contribution is -2.28. The molecule has 0 saturated carbocycles. The van der Waals surface area contributed by atoms with Crippen molar-refractivity contribution in [3.8, 4) is 0 Å². The van der Waals surface area contributed by atoms with Gasteiger partial charge in [-0.05, 0) is 42.9 Å². The van der Waals surface area contributed by atoms with E-state index < -0.39 is 0 Å². The van der Waals surface area contributed by atoms with Crippen LogP contribution in [0.1, 0.15) is 13.3 Å². The topological polar surface area (TPSA) is 50.2 Å². The minimum Gasteiger partial charge on any atom is -0.372 e. The van der Waals surface area contributed by atoms with E-state index in [4.69, 9.17) is 0 Å². The summed E-state index contributed by atoms with van der Waals surface area (Å²) in [7, 11) is 3.90. The Morgan fingerprint density at radius 3 is 2.88 bits per heavy atom. The Balaban J connectivity index is 2.84.